The summed E-state index contributed by atoms with van der Waals surface area (Å²) in [5.41, 5.74) is 1.23. The molecule has 0 saturated heterocycles. The van der Waals surface area contributed by atoms with Crippen LogP contribution in [0.3, 0.4) is 0 Å². The molecule has 1 aromatic heterocycles. The van der Waals surface area contributed by atoms with E-state index >= 15 is 0 Å². The van der Waals surface area contributed by atoms with Crippen molar-refractivity contribution in [2.24, 2.45) is 0 Å². The van der Waals surface area contributed by atoms with Gasteiger partial charge in [-0.3, -0.25) is 0 Å². The molecule has 1 N–H and O–H groups in total. The monoisotopic (exact) mass is 308 g/mol. The summed E-state index contributed by atoms with van der Waals surface area (Å²) < 4.78 is 0.742. The van der Waals surface area contributed by atoms with Crippen molar-refractivity contribution >= 4 is 29.0 Å². The topological polar surface area (TPSA) is 32.3 Å². The molecule has 0 fully saturated rings. The third-order valence-electron chi connectivity index (χ3n) is 2.97. The number of nitrogens with zero attached hydrogens (tertiary/aromatic N) is 1. The summed E-state index contributed by atoms with van der Waals surface area (Å²) in [7, 11) is 1.81. The van der Waals surface area contributed by atoms with Gasteiger partial charge in [-0.05, 0) is 24.1 Å². The molecular weight excluding hydrogens is 292 g/mol. The van der Waals surface area contributed by atoms with Gasteiger partial charge in [0.1, 0.15) is 0 Å². The predicted octanol–water partition coefficient (Wildman–Crippen LogP) is 3.79. The smallest absolute Gasteiger partial charge is 0.317 e. The number of benzene rings is 1. The zero-order valence-electron chi connectivity index (χ0n) is 11.3. The molecule has 5 heteroatoms. The quantitative estimate of drug-likeness (QED) is 0.895. The lowest BCUT2D eigenvalue weighted by Crippen LogP contribution is -2.37. The Morgan fingerprint density at radius 3 is 2.65 bits per heavy atom. The highest BCUT2D eigenvalue weighted by atomic mass is 35.5. The van der Waals surface area contributed by atoms with Crippen LogP contribution in [-0.4, -0.2) is 24.5 Å². The summed E-state index contributed by atoms with van der Waals surface area (Å²) in [6.07, 6.45) is 0.857. The fraction of sp³-hybridized carbons (Fsp3) is 0.267. The van der Waals surface area contributed by atoms with E-state index in [-0.39, 0.29) is 6.03 Å². The summed E-state index contributed by atoms with van der Waals surface area (Å²) in [6.45, 7) is 1.22. The van der Waals surface area contributed by atoms with Gasteiger partial charge in [0, 0.05) is 18.5 Å². The van der Waals surface area contributed by atoms with Gasteiger partial charge >= 0.3 is 6.03 Å². The normalized spacial score (nSPS) is 10.3. The molecule has 2 amide bonds. The zero-order chi connectivity index (χ0) is 14.4. The predicted molar refractivity (Wildman–Crippen MR) is 84.3 cm³/mol. The van der Waals surface area contributed by atoms with E-state index < -0.39 is 0 Å². The van der Waals surface area contributed by atoms with E-state index in [4.69, 9.17) is 11.6 Å². The first-order valence-corrected chi connectivity index (χ1v) is 7.61. The minimum atomic E-state index is -0.0644. The van der Waals surface area contributed by atoms with Crippen molar-refractivity contribution in [1.29, 1.82) is 0 Å². The lowest BCUT2D eigenvalue weighted by Gasteiger charge is -2.17. The van der Waals surface area contributed by atoms with Gasteiger partial charge in [0.15, 0.2) is 0 Å². The molecule has 0 aliphatic heterocycles. The SMILES string of the molecule is CN(CCc1ccccc1)C(=O)NCc1ccc(Cl)s1. The molecular formula is C15H17ClN2OS. The van der Waals surface area contributed by atoms with Crippen molar-refractivity contribution in [3.05, 3.63) is 57.2 Å². The van der Waals surface area contributed by atoms with Crippen LogP contribution in [-0.2, 0) is 13.0 Å². The highest BCUT2D eigenvalue weighted by molar-refractivity contribution is 7.16. The average molecular weight is 309 g/mol. The highest BCUT2D eigenvalue weighted by Gasteiger charge is 2.08. The minimum absolute atomic E-state index is 0.0644. The number of amides is 2. The van der Waals surface area contributed by atoms with Crippen LogP contribution in [0.5, 0.6) is 0 Å². The molecule has 2 aromatic rings. The molecule has 0 saturated carbocycles. The molecule has 0 spiro atoms. The zero-order valence-corrected chi connectivity index (χ0v) is 12.9. The molecule has 0 aliphatic rings. The minimum Gasteiger partial charge on any atom is -0.333 e. The third-order valence-corrected chi connectivity index (χ3v) is 4.20. The maximum Gasteiger partial charge on any atom is 0.317 e. The van der Waals surface area contributed by atoms with Crippen molar-refractivity contribution in [3.63, 3.8) is 0 Å². The number of carbonyl (C=O) groups is 1. The Kier molecular flexibility index (Phi) is 5.44. The third kappa shape index (κ3) is 4.54. The van der Waals surface area contributed by atoms with Gasteiger partial charge in [0.25, 0.3) is 0 Å². The van der Waals surface area contributed by atoms with Crippen LogP contribution in [0.1, 0.15) is 10.4 Å². The average Bonchev–Trinajstić information content (AvgIpc) is 2.89. The Balaban J connectivity index is 1.74. The molecule has 0 bridgehead atoms. The molecule has 20 heavy (non-hydrogen) atoms. The second kappa shape index (κ2) is 7.31. The molecule has 106 valence electrons. The first kappa shape index (κ1) is 14.9. The van der Waals surface area contributed by atoms with E-state index in [0.29, 0.717) is 13.1 Å². The lowest BCUT2D eigenvalue weighted by atomic mass is 10.1. The number of urea groups is 1. The van der Waals surface area contributed by atoms with Crippen LogP contribution in [0.2, 0.25) is 4.34 Å². The van der Waals surface area contributed by atoms with E-state index in [2.05, 4.69) is 17.4 Å². The molecule has 1 heterocycles. The Morgan fingerprint density at radius 2 is 2.00 bits per heavy atom. The molecule has 0 radical (unpaired) electrons. The van der Waals surface area contributed by atoms with Crippen LogP contribution in [0.25, 0.3) is 0 Å². The number of halogens is 1. The van der Waals surface area contributed by atoms with Gasteiger partial charge in [-0.1, -0.05) is 41.9 Å². The van der Waals surface area contributed by atoms with E-state index in [1.165, 1.54) is 16.9 Å². The standard InChI is InChI=1S/C15H17ClN2OS/c1-18(10-9-12-5-3-2-4-6-12)15(19)17-11-13-7-8-14(16)20-13/h2-8H,9-11H2,1H3,(H,17,19). The van der Waals surface area contributed by atoms with E-state index in [9.17, 15) is 4.79 Å². The molecule has 0 atom stereocenters. The molecule has 1 aromatic carbocycles. The maximum atomic E-state index is 11.9. The number of rotatable bonds is 5. The molecule has 2 rings (SSSR count). The number of likely N-dealkylation sites (N-methyl/N-ethyl adjacent to an activating group) is 1. The van der Waals surface area contributed by atoms with Crippen molar-refractivity contribution in [2.45, 2.75) is 13.0 Å². The lowest BCUT2D eigenvalue weighted by molar-refractivity contribution is 0.209. The Morgan fingerprint density at radius 1 is 1.25 bits per heavy atom. The highest BCUT2D eigenvalue weighted by Crippen LogP contribution is 2.20. The van der Waals surface area contributed by atoms with Gasteiger partial charge in [-0.15, -0.1) is 11.3 Å². The van der Waals surface area contributed by atoms with Crippen molar-refractivity contribution in [3.8, 4) is 0 Å². The van der Waals surface area contributed by atoms with E-state index in [0.717, 1.165) is 15.6 Å². The number of thiophene rings is 1. The summed E-state index contributed by atoms with van der Waals surface area (Å²) in [6, 6.07) is 13.9. The van der Waals surface area contributed by atoms with Gasteiger partial charge in [-0.2, -0.15) is 0 Å². The molecule has 3 nitrogen and oxygen atoms in total. The first-order valence-electron chi connectivity index (χ1n) is 6.42. The van der Waals surface area contributed by atoms with Gasteiger partial charge in [-0.25, -0.2) is 4.79 Å². The number of hydrogen-bond acceptors (Lipinski definition) is 2. The summed E-state index contributed by atoms with van der Waals surface area (Å²) in [5.74, 6) is 0. The summed E-state index contributed by atoms with van der Waals surface area (Å²) >= 11 is 7.34. The number of nitrogens with one attached hydrogen (secondary N) is 1. The Labute approximate surface area is 128 Å². The van der Waals surface area contributed by atoms with Gasteiger partial charge in [0.2, 0.25) is 0 Å². The van der Waals surface area contributed by atoms with Crippen LogP contribution in [0, 0.1) is 0 Å². The second-order valence-corrected chi connectivity index (χ2v) is 6.32. The first-order chi connectivity index (χ1) is 9.65. The maximum absolute atomic E-state index is 11.9. The van der Waals surface area contributed by atoms with Crippen molar-refractivity contribution < 1.29 is 4.79 Å². The van der Waals surface area contributed by atoms with E-state index in [1.54, 1.807) is 11.9 Å². The van der Waals surface area contributed by atoms with Crippen LogP contribution < -0.4 is 5.32 Å². The molecule has 0 aliphatic carbocycles. The summed E-state index contributed by atoms with van der Waals surface area (Å²) in [5, 5.41) is 2.89. The fourth-order valence-electron chi connectivity index (χ4n) is 1.79. The fourth-order valence-corrected chi connectivity index (χ4v) is 2.81. The van der Waals surface area contributed by atoms with Gasteiger partial charge < -0.3 is 10.2 Å². The van der Waals surface area contributed by atoms with Crippen molar-refractivity contribution in [1.82, 2.24) is 10.2 Å². The van der Waals surface area contributed by atoms with Crippen molar-refractivity contribution in [2.75, 3.05) is 13.6 Å². The second-order valence-electron chi connectivity index (χ2n) is 4.52. The van der Waals surface area contributed by atoms with Crippen LogP contribution in [0.4, 0.5) is 4.79 Å². The number of carbonyl (C=O) groups excluding carboxylic acids is 1. The number of hydrogen-bond donors (Lipinski definition) is 1. The van der Waals surface area contributed by atoms with E-state index in [1.807, 2.05) is 30.3 Å². The van der Waals surface area contributed by atoms with Crippen LogP contribution in [0.15, 0.2) is 42.5 Å². The molecule has 0 unspecified atom stereocenters. The van der Waals surface area contributed by atoms with Crippen LogP contribution >= 0.6 is 22.9 Å². The Bertz CT molecular complexity index is 556. The largest absolute Gasteiger partial charge is 0.333 e. The Hall–Kier alpha value is -1.52. The summed E-state index contributed by atoms with van der Waals surface area (Å²) in [4.78, 5) is 14.7. The van der Waals surface area contributed by atoms with Gasteiger partial charge in [0.05, 0.1) is 10.9 Å².